The Morgan fingerprint density at radius 1 is 1.77 bits per heavy atom. The van der Waals surface area contributed by atoms with Gasteiger partial charge in [-0.3, -0.25) is 20.0 Å². The van der Waals surface area contributed by atoms with Gasteiger partial charge >= 0.3 is 11.7 Å². The van der Waals surface area contributed by atoms with Crippen LogP contribution in [0.4, 0.5) is 5.69 Å². The van der Waals surface area contributed by atoms with Gasteiger partial charge in [-0.15, -0.1) is 0 Å². The molecule has 1 rings (SSSR count). The Bertz CT molecular complexity index is 332. The highest BCUT2D eigenvalue weighted by Gasteiger charge is 2.16. The summed E-state index contributed by atoms with van der Waals surface area (Å²) in [5.41, 5.74) is 0.0775. The van der Waals surface area contributed by atoms with Crippen LogP contribution in [-0.2, 0) is 11.2 Å². The van der Waals surface area contributed by atoms with Crippen LogP contribution in [0.25, 0.3) is 0 Å². The quantitative estimate of drug-likeness (QED) is 0.519. The maximum Gasteiger partial charge on any atom is 0.309 e. The molecule has 0 spiro atoms. The van der Waals surface area contributed by atoms with Crippen molar-refractivity contribution in [2.75, 3.05) is 0 Å². The van der Waals surface area contributed by atoms with Gasteiger partial charge in [0.1, 0.15) is 11.9 Å². The Balaban J connectivity index is 2.71. The van der Waals surface area contributed by atoms with E-state index in [1.165, 1.54) is 0 Å². The Morgan fingerprint density at radius 3 is 3.00 bits per heavy atom. The lowest BCUT2D eigenvalue weighted by atomic mass is 10.2. The highest BCUT2D eigenvalue weighted by Crippen LogP contribution is 2.15. The number of hydrogen-bond donors (Lipinski definition) is 2. The number of carboxylic acids is 1. The van der Waals surface area contributed by atoms with Crippen LogP contribution in [0.1, 0.15) is 12.1 Å². The van der Waals surface area contributed by atoms with Gasteiger partial charge in [-0.1, -0.05) is 0 Å². The molecular formula is C6H7N3O4. The Kier molecular flexibility index (Phi) is 2.58. The van der Waals surface area contributed by atoms with Crippen LogP contribution in [-0.4, -0.2) is 26.2 Å². The molecule has 7 heteroatoms. The second kappa shape index (κ2) is 3.65. The first-order valence-corrected chi connectivity index (χ1v) is 3.49. The first-order chi connectivity index (χ1) is 6.11. The third-order valence-corrected chi connectivity index (χ3v) is 1.48. The third kappa shape index (κ3) is 2.26. The zero-order chi connectivity index (χ0) is 9.84. The van der Waals surface area contributed by atoms with E-state index in [1.807, 2.05) is 0 Å². The molecule has 1 aromatic heterocycles. The van der Waals surface area contributed by atoms with E-state index in [-0.39, 0.29) is 24.2 Å². The number of aromatic nitrogens is 2. The second-order valence-corrected chi connectivity index (χ2v) is 2.38. The summed E-state index contributed by atoms with van der Waals surface area (Å²) in [4.78, 5) is 19.9. The van der Waals surface area contributed by atoms with Crippen LogP contribution in [0.3, 0.4) is 0 Å². The van der Waals surface area contributed by atoms with Crippen LogP contribution in [0, 0.1) is 10.1 Å². The van der Waals surface area contributed by atoms with E-state index in [0.717, 1.165) is 6.20 Å². The molecule has 0 unspecified atom stereocenters. The van der Waals surface area contributed by atoms with Crippen LogP contribution < -0.4 is 0 Å². The fourth-order valence-electron chi connectivity index (χ4n) is 0.880. The molecule has 0 amide bonds. The van der Waals surface area contributed by atoms with E-state index in [4.69, 9.17) is 5.11 Å². The van der Waals surface area contributed by atoms with Crippen molar-refractivity contribution in [1.82, 2.24) is 10.2 Å². The van der Waals surface area contributed by atoms with Crippen LogP contribution in [0.2, 0.25) is 0 Å². The zero-order valence-electron chi connectivity index (χ0n) is 6.56. The second-order valence-electron chi connectivity index (χ2n) is 2.38. The molecular weight excluding hydrogens is 178 g/mol. The monoisotopic (exact) mass is 185 g/mol. The summed E-state index contributed by atoms with van der Waals surface area (Å²) in [6.45, 7) is 0. The third-order valence-electron chi connectivity index (χ3n) is 1.48. The van der Waals surface area contributed by atoms with Crippen LogP contribution in [0.5, 0.6) is 0 Å². The minimum atomic E-state index is -0.996. The molecule has 0 aliphatic rings. The maximum absolute atomic E-state index is 10.3. The molecule has 70 valence electrons. The lowest BCUT2D eigenvalue weighted by molar-refractivity contribution is -0.385. The largest absolute Gasteiger partial charge is 0.481 e. The molecule has 2 N–H and O–H groups in total. The predicted octanol–water partition coefficient (Wildman–Crippen LogP) is 0.335. The average molecular weight is 185 g/mol. The van der Waals surface area contributed by atoms with Crippen molar-refractivity contribution in [3.8, 4) is 0 Å². The molecule has 0 aliphatic heterocycles. The molecule has 0 aliphatic carbocycles. The van der Waals surface area contributed by atoms with Crippen molar-refractivity contribution in [2.45, 2.75) is 12.8 Å². The van der Waals surface area contributed by atoms with Gasteiger partial charge in [-0.25, -0.2) is 0 Å². The number of nitro groups is 1. The summed E-state index contributed by atoms with van der Waals surface area (Å²) in [5, 5.41) is 24.5. The molecule has 13 heavy (non-hydrogen) atoms. The Morgan fingerprint density at radius 2 is 2.46 bits per heavy atom. The van der Waals surface area contributed by atoms with Gasteiger partial charge in [0.2, 0.25) is 0 Å². The fourth-order valence-corrected chi connectivity index (χ4v) is 0.880. The number of aromatic amines is 1. The van der Waals surface area contributed by atoms with Crippen molar-refractivity contribution < 1.29 is 14.8 Å². The van der Waals surface area contributed by atoms with Crippen LogP contribution in [0.15, 0.2) is 6.20 Å². The number of H-pyrrole nitrogens is 1. The highest BCUT2D eigenvalue weighted by atomic mass is 16.6. The van der Waals surface area contributed by atoms with Crippen LogP contribution >= 0.6 is 0 Å². The summed E-state index contributed by atoms with van der Waals surface area (Å²) < 4.78 is 0. The molecule has 0 saturated carbocycles. The van der Waals surface area contributed by atoms with Gasteiger partial charge < -0.3 is 5.11 Å². The molecule has 0 fully saturated rings. The normalized spacial score (nSPS) is 9.85. The molecule has 7 nitrogen and oxygen atoms in total. The number of carboxylic acid groups (broad SMARTS) is 1. The summed E-state index contributed by atoms with van der Waals surface area (Å²) in [6.07, 6.45) is 1.01. The lowest BCUT2D eigenvalue weighted by Gasteiger charge is -1.92. The number of carbonyl (C=O) groups is 1. The van der Waals surface area contributed by atoms with Crippen molar-refractivity contribution in [1.29, 1.82) is 0 Å². The maximum atomic E-state index is 10.3. The summed E-state index contributed by atoms with van der Waals surface area (Å²) in [6, 6.07) is 0. The van der Waals surface area contributed by atoms with Gasteiger partial charge in [0, 0.05) is 6.42 Å². The van der Waals surface area contributed by atoms with Crippen molar-refractivity contribution >= 4 is 11.7 Å². The highest BCUT2D eigenvalue weighted by molar-refractivity contribution is 5.67. The van der Waals surface area contributed by atoms with E-state index in [9.17, 15) is 14.9 Å². The summed E-state index contributed by atoms with van der Waals surface area (Å²) in [7, 11) is 0. The molecule has 0 aromatic carbocycles. The minimum Gasteiger partial charge on any atom is -0.481 e. The Hall–Kier alpha value is -1.92. The minimum absolute atomic E-state index is 0.0889. The number of aryl methyl sites for hydroxylation is 1. The Labute approximate surface area is 72.5 Å². The fraction of sp³-hybridized carbons (Fsp3) is 0.333. The zero-order valence-corrected chi connectivity index (χ0v) is 6.56. The lowest BCUT2D eigenvalue weighted by Crippen LogP contribution is -2.00. The topological polar surface area (TPSA) is 109 Å². The molecule has 1 heterocycles. The number of hydrogen-bond acceptors (Lipinski definition) is 4. The number of nitrogens with zero attached hydrogens (tertiary/aromatic N) is 2. The smallest absolute Gasteiger partial charge is 0.309 e. The van der Waals surface area contributed by atoms with Gasteiger partial charge in [0.15, 0.2) is 0 Å². The SMILES string of the molecule is O=C(O)CCc1[nH]ncc1[N+](=O)[O-]. The number of rotatable bonds is 4. The summed E-state index contributed by atoms with van der Waals surface area (Å²) in [5.74, 6) is -0.996. The van der Waals surface area contributed by atoms with E-state index < -0.39 is 10.9 Å². The van der Waals surface area contributed by atoms with Crippen molar-refractivity contribution in [3.05, 3.63) is 22.0 Å². The van der Waals surface area contributed by atoms with Gasteiger partial charge in [-0.05, 0) is 0 Å². The molecule has 0 bridgehead atoms. The predicted molar refractivity (Wildman–Crippen MR) is 41.2 cm³/mol. The van der Waals surface area contributed by atoms with Crippen molar-refractivity contribution in [2.24, 2.45) is 0 Å². The van der Waals surface area contributed by atoms with E-state index in [2.05, 4.69) is 10.2 Å². The molecule has 1 aromatic rings. The van der Waals surface area contributed by atoms with Gasteiger partial charge in [0.25, 0.3) is 0 Å². The van der Waals surface area contributed by atoms with E-state index in [0.29, 0.717) is 0 Å². The molecule has 0 radical (unpaired) electrons. The van der Waals surface area contributed by atoms with Crippen molar-refractivity contribution in [3.63, 3.8) is 0 Å². The van der Waals surface area contributed by atoms with Gasteiger partial charge in [0.05, 0.1) is 11.3 Å². The molecule has 0 atom stereocenters. The van der Waals surface area contributed by atoms with Gasteiger partial charge in [-0.2, -0.15) is 5.10 Å². The first-order valence-electron chi connectivity index (χ1n) is 3.49. The number of aliphatic carboxylic acids is 1. The average Bonchev–Trinajstić information content (AvgIpc) is 2.47. The summed E-state index contributed by atoms with van der Waals surface area (Å²) >= 11 is 0. The molecule has 0 saturated heterocycles. The van der Waals surface area contributed by atoms with E-state index in [1.54, 1.807) is 0 Å². The standard InChI is InChI=1S/C6H7N3O4/c10-6(11)2-1-4-5(9(12)13)3-7-8-4/h3H,1-2H2,(H,7,8)(H,10,11). The first kappa shape index (κ1) is 9.17. The van der Waals surface area contributed by atoms with E-state index >= 15 is 0 Å². The number of nitrogens with one attached hydrogen (secondary N) is 1.